The lowest BCUT2D eigenvalue weighted by molar-refractivity contribution is -0.143. The zero-order valence-corrected chi connectivity index (χ0v) is 15.5. The number of aryl methyl sites for hydroxylation is 1. The third-order valence-electron chi connectivity index (χ3n) is 5.06. The van der Waals surface area contributed by atoms with Crippen LogP contribution in [0.1, 0.15) is 37.8 Å². The highest BCUT2D eigenvalue weighted by atomic mass is 19.1. The lowest BCUT2D eigenvalue weighted by Crippen LogP contribution is -2.48. The van der Waals surface area contributed by atoms with Crippen molar-refractivity contribution in [1.29, 1.82) is 0 Å². The molecule has 144 valence electrons. The van der Waals surface area contributed by atoms with Crippen LogP contribution >= 0.6 is 0 Å². The monoisotopic (exact) mass is 372 g/mol. The van der Waals surface area contributed by atoms with Gasteiger partial charge >= 0.3 is 0 Å². The van der Waals surface area contributed by atoms with Gasteiger partial charge in [0, 0.05) is 44.0 Å². The quantitative estimate of drug-likeness (QED) is 0.760. The van der Waals surface area contributed by atoms with Crippen LogP contribution in [-0.2, 0) is 16.1 Å². The van der Waals surface area contributed by atoms with E-state index in [9.17, 15) is 14.0 Å². The summed E-state index contributed by atoms with van der Waals surface area (Å²) in [6.07, 6.45) is 6.85. The van der Waals surface area contributed by atoms with Crippen molar-refractivity contribution in [2.45, 2.75) is 38.8 Å². The molecule has 1 aromatic carbocycles. The molecule has 1 aliphatic rings. The van der Waals surface area contributed by atoms with Crippen molar-refractivity contribution in [1.82, 2.24) is 19.8 Å². The van der Waals surface area contributed by atoms with Crippen LogP contribution in [-0.4, -0.2) is 39.4 Å². The lowest BCUT2D eigenvalue weighted by Gasteiger charge is -2.40. The second-order valence-electron chi connectivity index (χ2n) is 6.74. The summed E-state index contributed by atoms with van der Waals surface area (Å²) in [7, 11) is 0. The number of aromatic nitrogens is 2. The number of rotatable bonds is 7. The Morgan fingerprint density at radius 2 is 2.19 bits per heavy atom. The first-order valence-electron chi connectivity index (χ1n) is 9.39. The van der Waals surface area contributed by atoms with Crippen molar-refractivity contribution in [3.05, 3.63) is 54.4 Å². The standard InChI is InChI=1S/C20H25FN4O2/c1-2-25-18(26)9-8-16(19(25)15-6-3-4-7-17(15)21)20(27)23-10-5-12-24-13-11-22-14-24/h3-4,6-7,11,13-14,16,19H,2,5,8-10,12H2,1H3,(H,23,27)/t16-,19+/m1/s1. The lowest BCUT2D eigenvalue weighted by atomic mass is 9.83. The number of carbonyl (C=O) groups excluding carboxylic acids is 2. The molecule has 1 N–H and O–H groups in total. The topological polar surface area (TPSA) is 67.2 Å². The van der Waals surface area contributed by atoms with Gasteiger partial charge in [0.25, 0.3) is 0 Å². The molecule has 2 heterocycles. The third kappa shape index (κ3) is 4.35. The number of nitrogens with one attached hydrogen (secondary N) is 1. The molecule has 0 spiro atoms. The van der Waals surface area contributed by atoms with Crippen LogP contribution < -0.4 is 5.32 Å². The molecule has 0 unspecified atom stereocenters. The fourth-order valence-electron chi connectivity index (χ4n) is 3.72. The number of halogens is 1. The molecule has 1 fully saturated rings. The van der Waals surface area contributed by atoms with Gasteiger partial charge in [-0.2, -0.15) is 0 Å². The maximum absolute atomic E-state index is 14.4. The molecule has 1 aromatic heterocycles. The van der Waals surface area contributed by atoms with Gasteiger partial charge in [-0.3, -0.25) is 9.59 Å². The molecule has 0 radical (unpaired) electrons. The molecule has 3 rings (SSSR count). The molecule has 1 saturated heterocycles. The molecule has 0 bridgehead atoms. The van der Waals surface area contributed by atoms with Crippen LogP contribution in [0.15, 0.2) is 43.0 Å². The highest BCUT2D eigenvalue weighted by molar-refractivity contribution is 5.85. The Bertz CT molecular complexity index is 778. The summed E-state index contributed by atoms with van der Waals surface area (Å²) in [5.41, 5.74) is 0.408. The predicted octanol–water partition coefficient (Wildman–Crippen LogP) is 2.53. The second kappa shape index (κ2) is 8.79. The van der Waals surface area contributed by atoms with E-state index < -0.39 is 12.0 Å². The van der Waals surface area contributed by atoms with Gasteiger partial charge in [0.05, 0.1) is 18.3 Å². The highest BCUT2D eigenvalue weighted by Gasteiger charge is 2.40. The molecular formula is C20H25FN4O2. The second-order valence-corrected chi connectivity index (χ2v) is 6.74. The van der Waals surface area contributed by atoms with E-state index in [1.54, 1.807) is 35.6 Å². The summed E-state index contributed by atoms with van der Waals surface area (Å²) in [5.74, 6) is -0.990. The van der Waals surface area contributed by atoms with Gasteiger partial charge in [-0.15, -0.1) is 0 Å². The molecule has 2 atom stereocenters. The van der Waals surface area contributed by atoms with Crippen LogP contribution in [0.25, 0.3) is 0 Å². The first-order chi connectivity index (χ1) is 13.1. The minimum Gasteiger partial charge on any atom is -0.356 e. The van der Waals surface area contributed by atoms with Crippen LogP contribution in [0, 0.1) is 11.7 Å². The SMILES string of the molecule is CCN1C(=O)CC[C@@H](C(=O)NCCCn2ccnc2)[C@@H]1c1ccccc1F. The van der Waals surface area contributed by atoms with Crippen LogP contribution in [0.4, 0.5) is 4.39 Å². The number of imidazole rings is 1. The summed E-state index contributed by atoms with van der Waals surface area (Å²) < 4.78 is 16.4. The Hall–Kier alpha value is -2.70. The van der Waals surface area contributed by atoms with E-state index in [1.165, 1.54) is 6.07 Å². The normalized spacial score (nSPS) is 19.9. The highest BCUT2D eigenvalue weighted by Crippen LogP contribution is 2.37. The van der Waals surface area contributed by atoms with E-state index in [1.807, 2.05) is 17.7 Å². The van der Waals surface area contributed by atoms with Gasteiger partial charge < -0.3 is 14.8 Å². The zero-order valence-electron chi connectivity index (χ0n) is 15.5. The first-order valence-corrected chi connectivity index (χ1v) is 9.39. The van der Waals surface area contributed by atoms with Gasteiger partial charge in [0.15, 0.2) is 0 Å². The number of amides is 2. The van der Waals surface area contributed by atoms with Crippen molar-refractivity contribution in [2.75, 3.05) is 13.1 Å². The Morgan fingerprint density at radius 3 is 2.89 bits per heavy atom. The number of hydrogen-bond acceptors (Lipinski definition) is 3. The van der Waals surface area contributed by atoms with Crippen molar-refractivity contribution < 1.29 is 14.0 Å². The summed E-state index contributed by atoms with van der Waals surface area (Å²) in [4.78, 5) is 30.8. The van der Waals surface area contributed by atoms with Crippen molar-refractivity contribution in [3.63, 3.8) is 0 Å². The summed E-state index contributed by atoms with van der Waals surface area (Å²) in [6.45, 7) is 3.60. The molecule has 6 nitrogen and oxygen atoms in total. The van der Waals surface area contributed by atoms with Crippen molar-refractivity contribution >= 4 is 11.8 Å². The largest absolute Gasteiger partial charge is 0.356 e. The average Bonchev–Trinajstić information content (AvgIpc) is 3.19. The predicted molar refractivity (Wildman–Crippen MR) is 99.1 cm³/mol. The molecule has 7 heteroatoms. The van der Waals surface area contributed by atoms with E-state index in [4.69, 9.17) is 0 Å². The summed E-state index contributed by atoms with van der Waals surface area (Å²) in [5, 5.41) is 2.96. The molecule has 1 aliphatic heterocycles. The molecule has 0 aliphatic carbocycles. The van der Waals surface area contributed by atoms with Crippen molar-refractivity contribution in [3.8, 4) is 0 Å². The average molecular weight is 372 g/mol. The van der Waals surface area contributed by atoms with E-state index in [0.29, 0.717) is 31.5 Å². The van der Waals surface area contributed by atoms with Gasteiger partial charge in [-0.1, -0.05) is 18.2 Å². The zero-order chi connectivity index (χ0) is 19.2. The number of piperidine rings is 1. The fraction of sp³-hybridized carbons (Fsp3) is 0.450. The molecule has 0 saturated carbocycles. The minimum absolute atomic E-state index is 0.0325. The Morgan fingerprint density at radius 1 is 1.37 bits per heavy atom. The molecule has 27 heavy (non-hydrogen) atoms. The third-order valence-corrected chi connectivity index (χ3v) is 5.06. The number of benzene rings is 1. The van der Waals surface area contributed by atoms with Gasteiger partial charge in [-0.25, -0.2) is 9.37 Å². The van der Waals surface area contributed by atoms with E-state index in [0.717, 1.165) is 13.0 Å². The number of nitrogens with zero attached hydrogens (tertiary/aromatic N) is 3. The first kappa shape index (κ1) is 19.1. The van der Waals surface area contributed by atoms with Gasteiger partial charge in [-0.05, 0) is 25.8 Å². The molecule has 2 aromatic rings. The summed E-state index contributed by atoms with van der Waals surface area (Å²) in [6, 6.07) is 5.84. The van der Waals surface area contributed by atoms with E-state index in [-0.39, 0.29) is 17.6 Å². The number of carbonyl (C=O) groups is 2. The maximum Gasteiger partial charge on any atom is 0.225 e. The van der Waals surface area contributed by atoms with Gasteiger partial charge in [0.1, 0.15) is 5.82 Å². The Labute approximate surface area is 158 Å². The van der Waals surface area contributed by atoms with Crippen LogP contribution in [0.3, 0.4) is 0 Å². The van der Waals surface area contributed by atoms with E-state index in [2.05, 4.69) is 10.3 Å². The minimum atomic E-state index is -0.564. The molecular weight excluding hydrogens is 347 g/mol. The Kier molecular flexibility index (Phi) is 6.21. The van der Waals surface area contributed by atoms with E-state index >= 15 is 0 Å². The van der Waals surface area contributed by atoms with Crippen LogP contribution in [0.5, 0.6) is 0 Å². The van der Waals surface area contributed by atoms with Gasteiger partial charge in [0.2, 0.25) is 11.8 Å². The fourth-order valence-corrected chi connectivity index (χ4v) is 3.72. The maximum atomic E-state index is 14.4. The number of likely N-dealkylation sites (tertiary alicyclic amines) is 1. The Balaban J connectivity index is 1.70. The van der Waals surface area contributed by atoms with Crippen molar-refractivity contribution in [2.24, 2.45) is 5.92 Å². The molecule has 2 amide bonds. The smallest absolute Gasteiger partial charge is 0.225 e. The summed E-state index contributed by atoms with van der Waals surface area (Å²) >= 11 is 0. The number of hydrogen-bond donors (Lipinski definition) is 1. The van der Waals surface area contributed by atoms with Crippen LogP contribution in [0.2, 0.25) is 0 Å².